The van der Waals surface area contributed by atoms with Crippen molar-refractivity contribution in [3.05, 3.63) is 29.8 Å². The van der Waals surface area contributed by atoms with Crippen molar-refractivity contribution >= 4 is 21.8 Å². The Bertz CT molecular complexity index is 349. The predicted octanol–water partition coefficient (Wildman–Crippen LogP) is 2.54. The average molecular weight is 286 g/mol. The van der Waals surface area contributed by atoms with Crippen molar-refractivity contribution in [2.75, 3.05) is 6.54 Å². The number of hydrogen-bond acceptors (Lipinski definition) is 2. The number of carbonyl (C=O) groups excluding carboxylic acids is 1. The van der Waals surface area contributed by atoms with Crippen LogP contribution in [-0.4, -0.2) is 22.4 Å². The summed E-state index contributed by atoms with van der Waals surface area (Å²) in [5, 5.41) is 11.9. The van der Waals surface area contributed by atoms with Crippen molar-refractivity contribution in [1.82, 2.24) is 5.32 Å². The first-order chi connectivity index (χ1) is 7.50. The lowest BCUT2D eigenvalue weighted by molar-refractivity contribution is 0.0953. The van der Waals surface area contributed by atoms with Gasteiger partial charge in [0.2, 0.25) is 0 Å². The number of amides is 1. The predicted molar refractivity (Wildman–Crippen MR) is 68.0 cm³/mol. The largest absolute Gasteiger partial charge is 0.508 e. The van der Waals surface area contributed by atoms with Gasteiger partial charge in [0.1, 0.15) is 5.75 Å². The van der Waals surface area contributed by atoms with Gasteiger partial charge < -0.3 is 10.4 Å². The van der Waals surface area contributed by atoms with Crippen molar-refractivity contribution in [3.8, 4) is 5.75 Å². The summed E-state index contributed by atoms with van der Waals surface area (Å²) >= 11 is 3.50. The van der Waals surface area contributed by atoms with E-state index in [0.29, 0.717) is 18.0 Å². The summed E-state index contributed by atoms with van der Waals surface area (Å²) in [6.07, 6.45) is 0. The molecule has 0 spiro atoms. The molecule has 1 amide bonds. The number of halogens is 1. The van der Waals surface area contributed by atoms with Crippen molar-refractivity contribution < 1.29 is 9.90 Å². The van der Waals surface area contributed by atoms with Gasteiger partial charge in [-0.1, -0.05) is 29.8 Å². The lowest BCUT2D eigenvalue weighted by Crippen LogP contribution is -2.31. The Kier molecular flexibility index (Phi) is 4.80. The van der Waals surface area contributed by atoms with Crippen LogP contribution in [0.5, 0.6) is 5.75 Å². The number of alkyl halides is 1. The van der Waals surface area contributed by atoms with Crippen LogP contribution in [0.3, 0.4) is 0 Å². The van der Waals surface area contributed by atoms with Gasteiger partial charge in [0.15, 0.2) is 0 Å². The topological polar surface area (TPSA) is 49.3 Å². The van der Waals surface area contributed by atoms with Gasteiger partial charge in [0.25, 0.3) is 5.91 Å². The molecule has 88 valence electrons. The number of hydrogen-bond donors (Lipinski definition) is 2. The molecule has 1 atom stereocenters. The molecule has 1 rings (SSSR count). The Hall–Kier alpha value is -1.03. The van der Waals surface area contributed by atoms with Gasteiger partial charge in [-0.15, -0.1) is 0 Å². The number of phenolic OH excluding ortho intramolecular Hbond substituents is 1. The highest BCUT2D eigenvalue weighted by atomic mass is 79.9. The fourth-order valence-corrected chi connectivity index (χ4v) is 1.30. The highest BCUT2D eigenvalue weighted by Crippen LogP contribution is 2.12. The van der Waals surface area contributed by atoms with Crippen LogP contribution in [0.4, 0.5) is 0 Å². The maximum atomic E-state index is 11.7. The first-order valence-electron chi connectivity index (χ1n) is 5.22. The Balaban J connectivity index is 2.50. The van der Waals surface area contributed by atoms with Crippen molar-refractivity contribution in [3.63, 3.8) is 0 Å². The highest BCUT2D eigenvalue weighted by Gasteiger charge is 2.11. The molecule has 0 radical (unpaired) electrons. The zero-order valence-corrected chi connectivity index (χ0v) is 11.0. The molecule has 16 heavy (non-hydrogen) atoms. The van der Waals surface area contributed by atoms with E-state index >= 15 is 0 Å². The molecule has 1 unspecified atom stereocenters. The molecule has 0 heterocycles. The minimum absolute atomic E-state index is 0.120. The molecule has 2 N–H and O–H groups in total. The molecule has 3 nitrogen and oxygen atoms in total. The summed E-state index contributed by atoms with van der Waals surface area (Å²) in [6.45, 7) is 4.77. The lowest BCUT2D eigenvalue weighted by Gasteiger charge is -2.14. The second kappa shape index (κ2) is 5.89. The van der Waals surface area contributed by atoms with Crippen molar-refractivity contribution in [1.29, 1.82) is 0 Å². The Morgan fingerprint density at radius 1 is 1.38 bits per heavy atom. The second-order valence-corrected chi connectivity index (χ2v) is 5.19. The van der Waals surface area contributed by atoms with Crippen LogP contribution < -0.4 is 5.32 Å². The third-order valence-electron chi connectivity index (χ3n) is 2.31. The monoisotopic (exact) mass is 285 g/mol. The summed E-state index contributed by atoms with van der Waals surface area (Å²) in [5.41, 5.74) is 0.557. The summed E-state index contributed by atoms with van der Waals surface area (Å²) in [5.74, 6) is 0.516. The summed E-state index contributed by atoms with van der Waals surface area (Å²) < 4.78 is 0. The van der Waals surface area contributed by atoms with E-state index in [1.165, 1.54) is 12.1 Å². The van der Waals surface area contributed by atoms with Crippen LogP contribution in [0.15, 0.2) is 24.3 Å². The number of rotatable bonds is 4. The zero-order valence-electron chi connectivity index (χ0n) is 9.40. The molecule has 0 aliphatic rings. The molecule has 0 saturated heterocycles. The van der Waals surface area contributed by atoms with E-state index in [9.17, 15) is 4.79 Å². The van der Waals surface area contributed by atoms with Gasteiger partial charge in [-0.25, -0.2) is 0 Å². The molecule has 0 aromatic heterocycles. The van der Waals surface area contributed by atoms with E-state index < -0.39 is 0 Å². The van der Waals surface area contributed by atoms with Crippen LogP contribution in [-0.2, 0) is 0 Å². The van der Waals surface area contributed by atoms with Gasteiger partial charge in [0, 0.05) is 16.9 Å². The minimum Gasteiger partial charge on any atom is -0.508 e. The quantitative estimate of drug-likeness (QED) is 0.836. The molecule has 1 aromatic rings. The molecule has 0 aliphatic heterocycles. The van der Waals surface area contributed by atoms with Crippen LogP contribution in [0.1, 0.15) is 24.2 Å². The number of carbonyl (C=O) groups is 1. The Morgan fingerprint density at radius 3 is 2.44 bits per heavy atom. The van der Waals surface area contributed by atoms with E-state index in [1.54, 1.807) is 12.1 Å². The summed E-state index contributed by atoms with van der Waals surface area (Å²) in [7, 11) is 0. The van der Waals surface area contributed by atoms with Gasteiger partial charge in [-0.2, -0.15) is 0 Å². The van der Waals surface area contributed by atoms with Gasteiger partial charge in [0.05, 0.1) is 0 Å². The fraction of sp³-hybridized carbons (Fsp3) is 0.417. The van der Waals surface area contributed by atoms with Gasteiger partial charge in [-0.3, -0.25) is 4.79 Å². The first-order valence-corrected chi connectivity index (χ1v) is 6.13. The Morgan fingerprint density at radius 2 is 1.94 bits per heavy atom. The van der Waals surface area contributed by atoms with Crippen LogP contribution in [0, 0.1) is 5.92 Å². The number of phenols is 1. The number of benzene rings is 1. The molecule has 0 aliphatic carbocycles. The van der Waals surface area contributed by atoms with Crippen LogP contribution in [0.25, 0.3) is 0 Å². The molecule has 0 fully saturated rings. The molecule has 0 bridgehead atoms. The van der Waals surface area contributed by atoms with E-state index in [-0.39, 0.29) is 16.5 Å². The van der Waals surface area contributed by atoms with Gasteiger partial charge in [-0.05, 0) is 30.2 Å². The normalized spacial score (nSPS) is 12.5. The van der Waals surface area contributed by atoms with E-state index in [2.05, 4.69) is 35.1 Å². The number of nitrogens with one attached hydrogen (secondary N) is 1. The SMILES string of the molecule is CC(C)C(Br)CNC(=O)c1ccc(O)cc1. The number of aromatic hydroxyl groups is 1. The van der Waals surface area contributed by atoms with E-state index in [1.807, 2.05) is 0 Å². The summed E-state index contributed by atoms with van der Waals surface area (Å²) in [4.78, 5) is 11.9. The Labute approximate surface area is 104 Å². The maximum Gasteiger partial charge on any atom is 0.251 e. The smallest absolute Gasteiger partial charge is 0.251 e. The van der Waals surface area contributed by atoms with Crippen LogP contribution in [0.2, 0.25) is 0 Å². The standard InChI is InChI=1S/C12H16BrNO2/c1-8(2)11(13)7-14-12(16)9-3-5-10(15)6-4-9/h3-6,8,11,15H,7H2,1-2H3,(H,14,16). The fourth-order valence-electron chi connectivity index (χ4n) is 1.14. The average Bonchev–Trinajstić information content (AvgIpc) is 2.26. The third-order valence-corrected chi connectivity index (χ3v) is 3.69. The maximum absolute atomic E-state index is 11.7. The van der Waals surface area contributed by atoms with Gasteiger partial charge >= 0.3 is 0 Å². The van der Waals surface area contributed by atoms with E-state index in [0.717, 1.165) is 0 Å². The summed E-state index contributed by atoms with van der Waals surface area (Å²) in [6, 6.07) is 6.21. The third kappa shape index (κ3) is 3.85. The first kappa shape index (κ1) is 13.0. The highest BCUT2D eigenvalue weighted by molar-refractivity contribution is 9.09. The molecule has 4 heteroatoms. The molecule has 1 aromatic carbocycles. The van der Waals surface area contributed by atoms with Crippen molar-refractivity contribution in [2.24, 2.45) is 5.92 Å². The minimum atomic E-state index is -0.120. The lowest BCUT2D eigenvalue weighted by atomic mass is 10.1. The zero-order chi connectivity index (χ0) is 12.1. The van der Waals surface area contributed by atoms with Crippen molar-refractivity contribution in [2.45, 2.75) is 18.7 Å². The molecule has 0 saturated carbocycles. The molecular weight excluding hydrogens is 270 g/mol. The van der Waals surface area contributed by atoms with Crippen LogP contribution >= 0.6 is 15.9 Å². The second-order valence-electron chi connectivity index (χ2n) is 4.02. The molecular formula is C12H16BrNO2. The van der Waals surface area contributed by atoms with E-state index in [4.69, 9.17) is 5.11 Å².